The number of hydrogen-bond donors (Lipinski definition) is 0. The smallest absolute Gasteiger partial charge is 0.430 e. The molecule has 80 valence electrons. The van der Waals surface area contributed by atoms with Crippen molar-refractivity contribution >= 4 is 29.4 Å². The molecule has 1 aromatic rings. The SMILES string of the molecule is C=CCOC(=O)Oc1ccc(Cl)c(Cl)c1. The van der Waals surface area contributed by atoms with Crippen molar-refractivity contribution in [3.63, 3.8) is 0 Å². The quantitative estimate of drug-likeness (QED) is 0.464. The lowest BCUT2D eigenvalue weighted by Crippen LogP contribution is -2.10. The third-order valence-corrected chi connectivity index (χ3v) is 2.15. The molecule has 0 N–H and O–H groups in total. The minimum Gasteiger partial charge on any atom is -0.430 e. The minimum atomic E-state index is -0.812. The van der Waals surface area contributed by atoms with E-state index in [4.69, 9.17) is 27.9 Å². The summed E-state index contributed by atoms with van der Waals surface area (Å²) in [6.07, 6.45) is 0.629. The van der Waals surface area contributed by atoms with Crippen LogP contribution in [0.2, 0.25) is 10.0 Å². The predicted molar refractivity (Wildman–Crippen MR) is 58.6 cm³/mol. The summed E-state index contributed by atoms with van der Waals surface area (Å²) in [6, 6.07) is 4.47. The van der Waals surface area contributed by atoms with Gasteiger partial charge in [0.1, 0.15) is 12.4 Å². The first-order valence-electron chi connectivity index (χ1n) is 4.04. The second-order valence-corrected chi connectivity index (χ2v) is 3.34. The Morgan fingerprint density at radius 2 is 2.13 bits per heavy atom. The van der Waals surface area contributed by atoms with E-state index in [2.05, 4.69) is 11.3 Å². The van der Waals surface area contributed by atoms with Crippen LogP contribution in [0.4, 0.5) is 4.79 Å². The number of rotatable bonds is 3. The number of benzene rings is 1. The van der Waals surface area contributed by atoms with Crippen LogP contribution in [-0.4, -0.2) is 12.8 Å². The van der Waals surface area contributed by atoms with E-state index in [1.54, 1.807) is 0 Å². The molecule has 0 aliphatic rings. The highest BCUT2D eigenvalue weighted by Gasteiger charge is 2.06. The van der Waals surface area contributed by atoms with Crippen molar-refractivity contribution in [2.45, 2.75) is 0 Å². The van der Waals surface area contributed by atoms with Gasteiger partial charge < -0.3 is 9.47 Å². The molecular formula is C10H8Cl2O3. The van der Waals surface area contributed by atoms with Gasteiger partial charge in [-0.15, -0.1) is 0 Å². The van der Waals surface area contributed by atoms with E-state index in [0.29, 0.717) is 10.0 Å². The minimum absolute atomic E-state index is 0.0974. The Morgan fingerprint density at radius 3 is 2.73 bits per heavy atom. The molecule has 1 aromatic carbocycles. The van der Waals surface area contributed by atoms with Gasteiger partial charge in [0.2, 0.25) is 0 Å². The maximum Gasteiger partial charge on any atom is 0.514 e. The van der Waals surface area contributed by atoms with Crippen LogP contribution in [0.15, 0.2) is 30.9 Å². The molecule has 5 heteroatoms. The van der Waals surface area contributed by atoms with Crippen molar-refractivity contribution in [3.8, 4) is 5.75 Å². The van der Waals surface area contributed by atoms with E-state index in [1.165, 1.54) is 24.3 Å². The van der Waals surface area contributed by atoms with Gasteiger partial charge in [0, 0.05) is 6.07 Å². The molecule has 0 unspecified atom stereocenters. The summed E-state index contributed by atoms with van der Waals surface area (Å²) in [4.78, 5) is 11.0. The Morgan fingerprint density at radius 1 is 1.40 bits per heavy atom. The summed E-state index contributed by atoms with van der Waals surface area (Å²) >= 11 is 11.4. The van der Waals surface area contributed by atoms with Gasteiger partial charge in [0.15, 0.2) is 0 Å². The number of ether oxygens (including phenoxy) is 2. The number of carbonyl (C=O) groups excluding carboxylic acids is 1. The molecular weight excluding hydrogens is 239 g/mol. The largest absolute Gasteiger partial charge is 0.514 e. The monoisotopic (exact) mass is 246 g/mol. The molecule has 0 bridgehead atoms. The maximum absolute atomic E-state index is 11.0. The third kappa shape index (κ3) is 3.81. The van der Waals surface area contributed by atoms with Crippen molar-refractivity contribution in [2.75, 3.05) is 6.61 Å². The van der Waals surface area contributed by atoms with Gasteiger partial charge in [-0.25, -0.2) is 4.79 Å². The van der Waals surface area contributed by atoms with E-state index in [9.17, 15) is 4.79 Å². The number of halogens is 2. The summed E-state index contributed by atoms with van der Waals surface area (Å²) in [5.41, 5.74) is 0. The summed E-state index contributed by atoms with van der Waals surface area (Å²) in [6.45, 7) is 3.49. The van der Waals surface area contributed by atoms with Gasteiger partial charge >= 0.3 is 6.16 Å². The van der Waals surface area contributed by atoms with Gasteiger partial charge in [0.05, 0.1) is 10.0 Å². The molecule has 0 saturated heterocycles. The van der Waals surface area contributed by atoms with Crippen molar-refractivity contribution in [1.82, 2.24) is 0 Å². The van der Waals surface area contributed by atoms with Gasteiger partial charge in [-0.05, 0) is 12.1 Å². The maximum atomic E-state index is 11.0. The van der Waals surface area contributed by atoms with Crippen LogP contribution >= 0.6 is 23.2 Å². The van der Waals surface area contributed by atoms with Crippen molar-refractivity contribution in [1.29, 1.82) is 0 Å². The molecule has 1 rings (SSSR count). The molecule has 0 saturated carbocycles. The second kappa shape index (κ2) is 5.63. The van der Waals surface area contributed by atoms with E-state index in [0.717, 1.165) is 0 Å². The average Bonchev–Trinajstić information content (AvgIpc) is 2.20. The van der Waals surface area contributed by atoms with Crippen LogP contribution in [0, 0.1) is 0 Å². The van der Waals surface area contributed by atoms with Crippen molar-refractivity contribution < 1.29 is 14.3 Å². The molecule has 0 radical (unpaired) electrons. The first-order valence-corrected chi connectivity index (χ1v) is 4.79. The van der Waals surface area contributed by atoms with Crippen LogP contribution < -0.4 is 4.74 Å². The molecule has 0 atom stereocenters. The first-order chi connectivity index (χ1) is 7.13. The normalized spacial score (nSPS) is 9.47. The Balaban J connectivity index is 2.60. The molecule has 0 aromatic heterocycles. The van der Waals surface area contributed by atoms with E-state index >= 15 is 0 Å². The van der Waals surface area contributed by atoms with Gasteiger partial charge in [-0.2, -0.15) is 0 Å². The van der Waals surface area contributed by atoms with Crippen molar-refractivity contribution in [3.05, 3.63) is 40.9 Å². The fourth-order valence-corrected chi connectivity index (χ4v) is 1.08. The molecule has 0 amide bonds. The molecule has 3 nitrogen and oxygen atoms in total. The van der Waals surface area contributed by atoms with E-state index in [1.807, 2.05) is 0 Å². The fraction of sp³-hybridized carbons (Fsp3) is 0.100. The standard InChI is InChI=1S/C10H8Cl2O3/c1-2-5-14-10(13)15-7-3-4-8(11)9(12)6-7/h2-4,6H,1,5H2. The highest BCUT2D eigenvalue weighted by molar-refractivity contribution is 6.42. The second-order valence-electron chi connectivity index (χ2n) is 2.53. The summed E-state index contributed by atoms with van der Waals surface area (Å²) in [5.74, 6) is 0.276. The van der Waals surface area contributed by atoms with E-state index in [-0.39, 0.29) is 12.4 Å². The van der Waals surface area contributed by atoms with Crippen LogP contribution in [0.5, 0.6) is 5.75 Å². The number of hydrogen-bond acceptors (Lipinski definition) is 3. The fourth-order valence-electron chi connectivity index (χ4n) is 0.793. The Labute approximate surface area is 97.2 Å². The number of carbonyl (C=O) groups is 1. The topological polar surface area (TPSA) is 35.5 Å². The molecule has 0 aliphatic heterocycles. The molecule has 0 fully saturated rings. The Hall–Kier alpha value is -1.19. The van der Waals surface area contributed by atoms with Crippen molar-refractivity contribution in [2.24, 2.45) is 0 Å². The Kier molecular flexibility index (Phi) is 4.46. The zero-order valence-electron chi connectivity index (χ0n) is 7.70. The van der Waals surface area contributed by atoms with Crippen LogP contribution in [0.1, 0.15) is 0 Å². The zero-order valence-corrected chi connectivity index (χ0v) is 9.22. The Bertz CT molecular complexity index is 377. The van der Waals surface area contributed by atoms with E-state index < -0.39 is 6.16 Å². The van der Waals surface area contributed by atoms with Gasteiger partial charge in [-0.1, -0.05) is 35.9 Å². The molecule has 0 heterocycles. The molecule has 0 spiro atoms. The lowest BCUT2D eigenvalue weighted by molar-refractivity contribution is 0.109. The van der Waals surface area contributed by atoms with Gasteiger partial charge in [0.25, 0.3) is 0 Å². The molecule has 15 heavy (non-hydrogen) atoms. The highest BCUT2D eigenvalue weighted by atomic mass is 35.5. The van der Waals surface area contributed by atoms with Gasteiger partial charge in [-0.3, -0.25) is 0 Å². The zero-order chi connectivity index (χ0) is 11.3. The summed E-state index contributed by atoms with van der Waals surface area (Å²) < 4.78 is 9.41. The molecule has 0 aliphatic carbocycles. The summed E-state index contributed by atoms with van der Waals surface area (Å²) in [7, 11) is 0. The average molecular weight is 247 g/mol. The third-order valence-electron chi connectivity index (χ3n) is 1.41. The first kappa shape index (κ1) is 11.9. The van der Waals surface area contributed by atoms with Crippen LogP contribution in [0.3, 0.4) is 0 Å². The van der Waals surface area contributed by atoms with Crippen LogP contribution in [-0.2, 0) is 4.74 Å². The highest BCUT2D eigenvalue weighted by Crippen LogP contribution is 2.26. The predicted octanol–water partition coefficient (Wildman–Crippen LogP) is 3.69. The lowest BCUT2D eigenvalue weighted by atomic mass is 10.3. The van der Waals surface area contributed by atoms with Crippen LogP contribution in [0.25, 0.3) is 0 Å². The lowest BCUT2D eigenvalue weighted by Gasteiger charge is -2.04. The summed E-state index contributed by atoms with van der Waals surface area (Å²) in [5, 5.41) is 0.703.